The van der Waals surface area contributed by atoms with Gasteiger partial charge in [-0.3, -0.25) is 0 Å². The van der Waals surface area contributed by atoms with Crippen molar-refractivity contribution in [2.24, 2.45) is 5.73 Å². The van der Waals surface area contributed by atoms with Crippen LogP contribution < -0.4 is 10.5 Å². The Morgan fingerprint density at radius 2 is 2.00 bits per heavy atom. The number of aryl methyl sites for hydroxylation is 1. The van der Waals surface area contributed by atoms with Gasteiger partial charge >= 0.3 is 0 Å². The molecule has 3 heteroatoms. The van der Waals surface area contributed by atoms with Crippen LogP contribution in [0, 0.1) is 0 Å². The normalized spacial score (nSPS) is 12.4. The molecule has 0 radical (unpaired) electrons. The van der Waals surface area contributed by atoms with Gasteiger partial charge in [-0.15, -0.1) is 0 Å². The average molecular weight is 237 g/mol. The minimum Gasteiger partial charge on any atom is -0.493 e. The van der Waals surface area contributed by atoms with Crippen LogP contribution in [0.25, 0.3) is 0 Å². The molecule has 0 aromatic heterocycles. The van der Waals surface area contributed by atoms with E-state index in [1.807, 2.05) is 12.1 Å². The van der Waals surface area contributed by atoms with Gasteiger partial charge in [-0.2, -0.15) is 0 Å². The summed E-state index contributed by atoms with van der Waals surface area (Å²) < 4.78 is 5.52. The number of hydrogen-bond acceptors (Lipinski definition) is 3. The topological polar surface area (TPSA) is 55.5 Å². The van der Waals surface area contributed by atoms with E-state index in [1.165, 1.54) is 18.4 Å². The van der Waals surface area contributed by atoms with Crippen molar-refractivity contribution in [3.63, 3.8) is 0 Å². The molecule has 1 aromatic carbocycles. The number of ether oxygens (including phenoxy) is 1. The Bertz CT molecular complexity index is 298. The van der Waals surface area contributed by atoms with Crippen LogP contribution in [0.5, 0.6) is 5.75 Å². The zero-order chi connectivity index (χ0) is 12.5. The SMILES string of the molecule is CCCCc1ccc(OCCC(O)CN)cc1. The Hall–Kier alpha value is -1.06. The van der Waals surface area contributed by atoms with E-state index in [0.717, 1.165) is 12.2 Å². The lowest BCUT2D eigenvalue weighted by molar-refractivity contribution is 0.146. The molecule has 1 rings (SSSR count). The first-order valence-corrected chi connectivity index (χ1v) is 6.36. The third kappa shape index (κ3) is 5.71. The van der Waals surface area contributed by atoms with Gasteiger partial charge in [0.2, 0.25) is 0 Å². The molecular formula is C14H23NO2. The highest BCUT2D eigenvalue weighted by Crippen LogP contribution is 2.14. The maximum absolute atomic E-state index is 9.27. The van der Waals surface area contributed by atoms with Gasteiger partial charge < -0.3 is 15.6 Å². The van der Waals surface area contributed by atoms with Crippen molar-refractivity contribution in [1.82, 2.24) is 0 Å². The minimum absolute atomic E-state index is 0.291. The quantitative estimate of drug-likeness (QED) is 0.728. The molecule has 3 N–H and O–H groups in total. The van der Waals surface area contributed by atoms with Crippen LogP contribution >= 0.6 is 0 Å². The van der Waals surface area contributed by atoms with Gasteiger partial charge in [0.15, 0.2) is 0 Å². The number of rotatable bonds is 8. The van der Waals surface area contributed by atoms with Crippen molar-refractivity contribution in [3.05, 3.63) is 29.8 Å². The second-order valence-corrected chi connectivity index (χ2v) is 4.27. The number of nitrogens with two attached hydrogens (primary N) is 1. The van der Waals surface area contributed by atoms with E-state index in [2.05, 4.69) is 19.1 Å². The fourth-order valence-electron chi connectivity index (χ4n) is 1.56. The highest BCUT2D eigenvalue weighted by atomic mass is 16.5. The van der Waals surface area contributed by atoms with Crippen molar-refractivity contribution in [2.75, 3.05) is 13.2 Å². The Balaban J connectivity index is 2.30. The van der Waals surface area contributed by atoms with E-state index in [4.69, 9.17) is 10.5 Å². The molecule has 96 valence electrons. The predicted molar refractivity (Wildman–Crippen MR) is 70.2 cm³/mol. The second-order valence-electron chi connectivity index (χ2n) is 4.27. The summed E-state index contributed by atoms with van der Waals surface area (Å²) in [6.45, 7) is 2.99. The van der Waals surface area contributed by atoms with E-state index >= 15 is 0 Å². The highest BCUT2D eigenvalue weighted by Gasteiger charge is 2.01. The molecule has 0 saturated carbocycles. The monoisotopic (exact) mass is 237 g/mol. The van der Waals surface area contributed by atoms with Crippen molar-refractivity contribution in [1.29, 1.82) is 0 Å². The second kappa shape index (κ2) is 8.09. The summed E-state index contributed by atoms with van der Waals surface area (Å²) in [4.78, 5) is 0. The number of unbranched alkanes of at least 4 members (excludes halogenated alkanes) is 1. The standard InChI is InChI=1S/C14H23NO2/c1-2-3-4-12-5-7-14(8-6-12)17-10-9-13(16)11-15/h5-8,13,16H,2-4,9-11,15H2,1H3. The fraction of sp³-hybridized carbons (Fsp3) is 0.571. The van der Waals surface area contributed by atoms with Crippen LogP contribution in [0.2, 0.25) is 0 Å². The third-order valence-electron chi connectivity index (χ3n) is 2.73. The van der Waals surface area contributed by atoms with Crippen LogP contribution in [-0.2, 0) is 6.42 Å². The lowest BCUT2D eigenvalue weighted by Gasteiger charge is -2.09. The van der Waals surface area contributed by atoms with Crippen LogP contribution in [0.3, 0.4) is 0 Å². The molecule has 0 heterocycles. The highest BCUT2D eigenvalue weighted by molar-refractivity contribution is 5.27. The first-order valence-electron chi connectivity index (χ1n) is 6.36. The maximum atomic E-state index is 9.27. The Kier molecular flexibility index (Phi) is 6.67. The molecule has 0 saturated heterocycles. The summed E-state index contributed by atoms with van der Waals surface area (Å²) in [7, 11) is 0. The molecule has 3 nitrogen and oxygen atoms in total. The zero-order valence-corrected chi connectivity index (χ0v) is 10.6. The van der Waals surface area contributed by atoms with Gasteiger partial charge in [-0.1, -0.05) is 25.5 Å². The average Bonchev–Trinajstić information content (AvgIpc) is 2.37. The fourth-order valence-corrected chi connectivity index (χ4v) is 1.56. The van der Waals surface area contributed by atoms with Gasteiger partial charge in [0.05, 0.1) is 12.7 Å². The summed E-state index contributed by atoms with van der Waals surface area (Å²) in [5.41, 5.74) is 6.66. The van der Waals surface area contributed by atoms with E-state index in [-0.39, 0.29) is 0 Å². The number of aliphatic hydroxyl groups excluding tert-OH is 1. The molecule has 17 heavy (non-hydrogen) atoms. The van der Waals surface area contributed by atoms with E-state index in [1.54, 1.807) is 0 Å². The Morgan fingerprint density at radius 3 is 2.59 bits per heavy atom. The molecule has 1 unspecified atom stereocenters. The van der Waals surface area contributed by atoms with E-state index in [0.29, 0.717) is 19.6 Å². The summed E-state index contributed by atoms with van der Waals surface area (Å²) in [5.74, 6) is 0.856. The van der Waals surface area contributed by atoms with Crippen LogP contribution in [0.15, 0.2) is 24.3 Å². The van der Waals surface area contributed by atoms with Crippen LogP contribution in [0.4, 0.5) is 0 Å². The lowest BCUT2D eigenvalue weighted by Crippen LogP contribution is -2.21. The zero-order valence-electron chi connectivity index (χ0n) is 10.6. The number of hydrogen-bond donors (Lipinski definition) is 2. The first kappa shape index (κ1) is 14.0. The summed E-state index contributed by atoms with van der Waals surface area (Å²) >= 11 is 0. The van der Waals surface area contributed by atoms with Crippen molar-refractivity contribution in [2.45, 2.75) is 38.7 Å². The summed E-state index contributed by atoms with van der Waals surface area (Å²) in [6, 6.07) is 8.17. The maximum Gasteiger partial charge on any atom is 0.119 e. The summed E-state index contributed by atoms with van der Waals surface area (Å²) in [5, 5.41) is 9.27. The largest absolute Gasteiger partial charge is 0.493 e. The number of aliphatic hydroxyl groups is 1. The molecule has 1 aromatic rings. The van der Waals surface area contributed by atoms with Crippen LogP contribution in [0.1, 0.15) is 31.7 Å². The first-order chi connectivity index (χ1) is 8.26. The minimum atomic E-state index is -0.459. The Labute approximate surface area is 104 Å². The van der Waals surface area contributed by atoms with Gasteiger partial charge in [-0.05, 0) is 30.5 Å². The molecule has 0 aliphatic heterocycles. The van der Waals surface area contributed by atoms with Crippen molar-refractivity contribution < 1.29 is 9.84 Å². The molecular weight excluding hydrogens is 214 g/mol. The summed E-state index contributed by atoms with van der Waals surface area (Å²) in [6.07, 6.45) is 3.69. The molecule has 0 bridgehead atoms. The number of benzene rings is 1. The molecule has 0 amide bonds. The van der Waals surface area contributed by atoms with Crippen molar-refractivity contribution in [3.8, 4) is 5.75 Å². The van der Waals surface area contributed by atoms with Crippen molar-refractivity contribution >= 4 is 0 Å². The van der Waals surface area contributed by atoms with Gasteiger partial charge in [0.1, 0.15) is 5.75 Å². The Morgan fingerprint density at radius 1 is 1.29 bits per heavy atom. The van der Waals surface area contributed by atoms with Gasteiger partial charge in [0.25, 0.3) is 0 Å². The predicted octanol–water partition coefficient (Wildman–Crippen LogP) is 2.12. The van der Waals surface area contributed by atoms with E-state index < -0.39 is 6.10 Å². The third-order valence-corrected chi connectivity index (χ3v) is 2.73. The molecule has 0 fully saturated rings. The molecule has 1 atom stereocenters. The lowest BCUT2D eigenvalue weighted by atomic mass is 10.1. The van der Waals surface area contributed by atoms with Gasteiger partial charge in [-0.25, -0.2) is 0 Å². The van der Waals surface area contributed by atoms with Gasteiger partial charge in [0, 0.05) is 13.0 Å². The smallest absolute Gasteiger partial charge is 0.119 e. The molecule has 0 aliphatic carbocycles. The van der Waals surface area contributed by atoms with Crippen LogP contribution in [-0.4, -0.2) is 24.4 Å². The van der Waals surface area contributed by atoms with E-state index in [9.17, 15) is 5.11 Å². The molecule has 0 spiro atoms. The molecule has 0 aliphatic rings.